The van der Waals surface area contributed by atoms with Crippen molar-refractivity contribution >= 4 is 17.9 Å². The molecule has 0 aromatic carbocycles. The Kier molecular flexibility index (Phi) is 12.6. The molecule has 0 aromatic heterocycles. The second kappa shape index (κ2) is 15.0. The lowest BCUT2D eigenvalue weighted by Gasteiger charge is -2.43. The van der Waals surface area contributed by atoms with Crippen LogP contribution in [-0.2, 0) is 28.6 Å². The molecule has 9 heteroatoms. The standard InChI is InChI=1S/C36H65N3O6/c1-21(2)28-15-24(18-34(7,8)37-28)43-31(40)14-13-27(32(41)44-25-16-29(22(3)4)38-35(9,10)19-25)33(42)45-26-17-30(23(5)6)39-36(11,12)20-26/h21-30,37-39H,13-20H2,1-12H3. The van der Waals surface area contributed by atoms with Crippen LogP contribution < -0.4 is 16.0 Å². The van der Waals surface area contributed by atoms with Gasteiger partial charge in [0.25, 0.3) is 0 Å². The molecule has 0 saturated carbocycles. The number of rotatable bonds is 11. The number of carbonyl (C=O) groups is 3. The molecule has 0 aliphatic carbocycles. The third-order valence-electron chi connectivity index (χ3n) is 9.98. The lowest BCUT2D eigenvalue weighted by molar-refractivity contribution is -0.172. The number of hydrogen-bond acceptors (Lipinski definition) is 9. The predicted molar refractivity (Wildman–Crippen MR) is 178 cm³/mol. The van der Waals surface area contributed by atoms with Crippen molar-refractivity contribution < 1.29 is 28.6 Å². The molecule has 3 heterocycles. The predicted octanol–water partition coefficient (Wildman–Crippen LogP) is 5.68. The average Bonchev–Trinajstić information content (AvgIpc) is 2.85. The summed E-state index contributed by atoms with van der Waals surface area (Å²) in [6.07, 6.45) is 3.19. The van der Waals surface area contributed by atoms with Gasteiger partial charge in [-0.15, -0.1) is 0 Å². The Morgan fingerprint density at radius 2 is 0.889 bits per heavy atom. The molecular formula is C36H65N3O6. The molecule has 0 aromatic rings. The SMILES string of the molecule is CC(C)C1CC(OC(=O)CCC(C(=O)OC2CC(C(C)C)NC(C)(C)C2)C(=O)OC2CC(C(C)C)NC(C)(C)C2)CC(C)(C)N1. The lowest BCUT2D eigenvalue weighted by atomic mass is 9.83. The quantitative estimate of drug-likeness (QED) is 0.150. The van der Waals surface area contributed by atoms with E-state index in [1.54, 1.807) is 0 Å². The number of piperidine rings is 3. The first-order chi connectivity index (χ1) is 20.6. The minimum atomic E-state index is -1.18. The van der Waals surface area contributed by atoms with E-state index in [0.29, 0.717) is 49.9 Å². The third kappa shape index (κ3) is 11.5. The molecule has 3 N–H and O–H groups in total. The monoisotopic (exact) mass is 635 g/mol. The van der Waals surface area contributed by atoms with Crippen LogP contribution in [0.3, 0.4) is 0 Å². The summed E-state index contributed by atoms with van der Waals surface area (Å²) >= 11 is 0. The van der Waals surface area contributed by atoms with E-state index >= 15 is 0 Å². The highest BCUT2D eigenvalue weighted by atomic mass is 16.6. The Balaban J connectivity index is 1.73. The van der Waals surface area contributed by atoms with Gasteiger partial charge in [0.05, 0.1) is 0 Å². The maximum absolute atomic E-state index is 13.8. The Hall–Kier alpha value is -1.71. The van der Waals surface area contributed by atoms with Crippen molar-refractivity contribution in [3.63, 3.8) is 0 Å². The van der Waals surface area contributed by atoms with Crippen LogP contribution >= 0.6 is 0 Å². The van der Waals surface area contributed by atoms with Gasteiger partial charge in [-0.3, -0.25) is 14.4 Å². The van der Waals surface area contributed by atoms with E-state index in [1.807, 2.05) is 0 Å². The fraction of sp³-hybridized carbons (Fsp3) is 0.917. The fourth-order valence-electron chi connectivity index (χ4n) is 7.58. The molecule has 0 bridgehead atoms. The summed E-state index contributed by atoms with van der Waals surface area (Å²) in [6.45, 7) is 25.6. The van der Waals surface area contributed by atoms with Crippen molar-refractivity contribution in [3.8, 4) is 0 Å². The molecule has 0 spiro atoms. The first-order valence-electron chi connectivity index (χ1n) is 17.6. The van der Waals surface area contributed by atoms with Gasteiger partial charge >= 0.3 is 17.9 Å². The summed E-state index contributed by atoms with van der Waals surface area (Å²) in [7, 11) is 0. The summed E-state index contributed by atoms with van der Waals surface area (Å²) in [6, 6.07) is 0.638. The van der Waals surface area contributed by atoms with Gasteiger partial charge < -0.3 is 30.2 Å². The zero-order chi connectivity index (χ0) is 33.9. The molecule has 3 saturated heterocycles. The van der Waals surface area contributed by atoms with E-state index in [4.69, 9.17) is 14.2 Å². The maximum atomic E-state index is 13.8. The van der Waals surface area contributed by atoms with Gasteiger partial charge in [-0.2, -0.15) is 0 Å². The summed E-state index contributed by atoms with van der Waals surface area (Å²) in [4.78, 5) is 40.7. The van der Waals surface area contributed by atoms with Crippen molar-refractivity contribution in [2.75, 3.05) is 0 Å². The van der Waals surface area contributed by atoms with Crippen LogP contribution in [0.4, 0.5) is 0 Å². The van der Waals surface area contributed by atoms with Gasteiger partial charge in [0.15, 0.2) is 5.92 Å². The van der Waals surface area contributed by atoms with Gasteiger partial charge in [-0.1, -0.05) is 41.5 Å². The highest BCUT2D eigenvalue weighted by molar-refractivity contribution is 5.95. The van der Waals surface area contributed by atoms with E-state index in [0.717, 1.165) is 6.42 Å². The van der Waals surface area contributed by atoms with Crippen molar-refractivity contribution in [2.45, 2.75) is 188 Å². The molecule has 260 valence electrons. The molecule has 3 fully saturated rings. The Morgan fingerprint density at radius 1 is 0.578 bits per heavy atom. The zero-order valence-corrected chi connectivity index (χ0v) is 30.4. The van der Waals surface area contributed by atoms with Gasteiger partial charge in [0, 0.05) is 79.7 Å². The molecule has 45 heavy (non-hydrogen) atoms. The molecule has 0 amide bonds. The molecule has 6 atom stereocenters. The van der Waals surface area contributed by atoms with Crippen molar-refractivity contribution in [1.29, 1.82) is 0 Å². The third-order valence-corrected chi connectivity index (χ3v) is 9.98. The van der Waals surface area contributed by atoms with Crippen LogP contribution in [0.1, 0.15) is 134 Å². The van der Waals surface area contributed by atoms with E-state index < -0.39 is 23.8 Å². The second-order valence-corrected chi connectivity index (χ2v) is 17.3. The maximum Gasteiger partial charge on any atom is 0.320 e. The normalized spacial score (nSPS) is 31.8. The summed E-state index contributed by atoms with van der Waals surface area (Å²) < 4.78 is 18.1. The van der Waals surface area contributed by atoms with Gasteiger partial charge in [-0.25, -0.2) is 0 Å². The Morgan fingerprint density at radius 3 is 1.20 bits per heavy atom. The van der Waals surface area contributed by atoms with Crippen LogP contribution in [0, 0.1) is 23.7 Å². The smallest absolute Gasteiger partial charge is 0.320 e. The van der Waals surface area contributed by atoms with E-state index in [1.165, 1.54) is 0 Å². The number of carbonyl (C=O) groups excluding carboxylic acids is 3. The van der Waals surface area contributed by atoms with Crippen LogP contribution in [0.15, 0.2) is 0 Å². The number of ether oxygens (including phenoxy) is 3. The molecule has 6 unspecified atom stereocenters. The molecule has 3 rings (SSSR count). The largest absolute Gasteiger partial charge is 0.462 e. The highest BCUT2D eigenvalue weighted by Gasteiger charge is 2.42. The summed E-state index contributed by atoms with van der Waals surface area (Å²) in [5.41, 5.74) is -0.566. The molecule has 9 nitrogen and oxygen atoms in total. The van der Waals surface area contributed by atoms with E-state index in [9.17, 15) is 14.4 Å². The first kappa shape index (κ1) is 37.7. The fourth-order valence-corrected chi connectivity index (χ4v) is 7.58. The molecule has 0 radical (unpaired) electrons. The van der Waals surface area contributed by atoms with Crippen molar-refractivity contribution in [1.82, 2.24) is 16.0 Å². The number of esters is 3. The van der Waals surface area contributed by atoms with E-state index in [2.05, 4.69) is 99.0 Å². The van der Waals surface area contributed by atoms with Crippen molar-refractivity contribution in [3.05, 3.63) is 0 Å². The van der Waals surface area contributed by atoms with Crippen LogP contribution in [0.25, 0.3) is 0 Å². The van der Waals surface area contributed by atoms with Crippen LogP contribution in [0.5, 0.6) is 0 Å². The minimum Gasteiger partial charge on any atom is -0.462 e. The highest BCUT2D eigenvalue weighted by Crippen LogP contribution is 2.32. The first-order valence-corrected chi connectivity index (χ1v) is 17.6. The topological polar surface area (TPSA) is 115 Å². The van der Waals surface area contributed by atoms with Gasteiger partial charge in [0.2, 0.25) is 0 Å². The molecule has 3 aliphatic heterocycles. The Labute approximate surface area is 273 Å². The minimum absolute atomic E-state index is 0.00240. The van der Waals surface area contributed by atoms with E-state index in [-0.39, 0.29) is 65.9 Å². The summed E-state index contributed by atoms with van der Waals surface area (Å²) in [5, 5.41) is 11.0. The van der Waals surface area contributed by atoms with Crippen molar-refractivity contribution in [2.24, 2.45) is 23.7 Å². The zero-order valence-electron chi connectivity index (χ0n) is 30.4. The lowest BCUT2D eigenvalue weighted by Crippen LogP contribution is -2.57. The summed E-state index contributed by atoms with van der Waals surface area (Å²) in [5.74, 6) is -1.63. The molecule has 3 aliphatic rings. The van der Waals surface area contributed by atoms with Gasteiger partial charge in [0.1, 0.15) is 18.3 Å². The molecular weight excluding hydrogens is 570 g/mol. The van der Waals surface area contributed by atoms with Gasteiger partial charge in [-0.05, 0) is 65.7 Å². The Bertz CT molecular complexity index is 970. The second-order valence-electron chi connectivity index (χ2n) is 17.3. The van der Waals surface area contributed by atoms with Crippen LogP contribution in [0.2, 0.25) is 0 Å². The number of nitrogens with one attached hydrogen (secondary N) is 3. The average molecular weight is 636 g/mol. The number of hydrogen-bond donors (Lipinski definition) is 3. The van der Waals surface area contributed by atoms with Crippen LogP contribution in [-0.4, -0.2) is 71.0 Å².